The maximum absolute atomic E-state index is 5.98. The smallest absolute Gasteiger partial charge is 0.0522 e. The Kier molecular flexibility index (Phi) is 3.48. The molecule has 0 saturated heterocycles. The van der Waals surface area contributed by atoms with Gasteiger partial charge in [0.05, 0.1) is 6.20 Å². The Morgan fingerprint density at radius 3 is 2.69 bits per heavy atom. The molecule has 0 bridgehead atoms. The van der Waals surface area contributed by atoms with Crippen LogP contribution in [0.25, 0.3) is 0 Å². The molecular formula is C10H19N3. The first-order chi connectivity index (χ1) is 6.08. The predicted octanol–water partition coefficient (Wildman–Crippen LogP) is 1.34. The van der Waals surface area contributed by atoms with Gasteiger partial charge in [-0.3, -0.25) is 4.68 Å². The zero-order valence-corrected chi connectivity index (χ0v) is 8.70. The summed E-state index contributed by atoms with van der Waals surface area (Å²) >= 11 is 0. The van der Waals surface area contributed by atoms with Crippen LogP contribution in [0.4, 0.5) is 0 Å². The van der Waals surface area contributed by atoms with E-state index in [-0.39, 0.29) is 6.04 Å². The molecular weight excluding hydrogens is 162 g/mol. The molecule has 3 nitrogen and oxygen atoms in total. The molecule has 1 unspecified atom stereocenters. The van der Waals surface area contributed by atoms with E-state index in [1.54, 1.807) is 0 Å². The highest BCUT2D eigenvalue weighted by atomic mass is 15.2. The molecule has 0 aliphatic carbocycles. The van der Waals surface area contributed by atoms with Gasteiger partial charge < -0.3 is 5.73 Å². The van der Waals surface area contributed by atoms with Crippen molar-refractivity contribution >= 4 is 0 Å². The molecule has 1 aromatic rings. The quantitative estimate of drug-likeness (QED) is 0.761. The van der Waals surface area contributed by atoms with Crippen molar-refractivity contribution in [3.63, 3.8) is 0 Å². The van der Waals surface area contributed by atoms with Crippen LogP contribution in [0, 0.1) is 5.92 Å². The second-order valence-corrected chi connectivity index (χ2v) is 4.12. The Morgan fingerprint density at radius 2 is 2.23 bits per heavy atom. The molecule has 0 aliphatic heterocycles. The molecule has 0 amide bonds. The van der Waals surface area contributed by atoms with Crippen LogP contribution >= 0.6 is 0 Å². The molecule has 1 rings (SSSR count). The number of hydrogen-bond donors (Lipinski definition) is 1. The molecule has 0 spiro atoms. The highest BCUT2D eigenvalue weighted by Gasteiger charge is 2.07. The Bertz CT molecular complexity index is 252. The maximum Gasteiger partial charge on any atom is 0.0522 e. The van der Waals surface area contributed by atoms with Crippen molar-refractivity contribution in [2.75, 3.05) is 0 Å². The van der Waals surface area contributed by atoms with Gasteiger partial charge in [-0.15, -0.1) is 0 Å². The van der Waals surface area contributed by atoms with Gasteiger partial charge in [-0.1, -0.05) is 13.8 Å². The summed E-state index contributed by atoms with van der Waals surface area (Å²) in [5, 5.41) is 4.11. The second-order valence-electron chi connectivity index (χ2n) is 4.12. The van der Waals surface area contributed by atoms with Gasteiger partial charge in [-0.05, 0) is 24.3 Å². The first-order valence-electron chi connectivity index (χ1n) is 4.81. The summed E-state index contributed by atoms with van der Waals surface area (Å²) in [6.45, 7) is 4.40. The Hall–Kier alpha value is -0.830. The normalized spacial score (nSPS) is 13.6. The lowest BCUT2D eigenvalue weighted by atomic mass is 10.00. The summed E-state index contributed by atoms with van der Waals surface area (Å²) in [4.78, 5) is 0. The largest absolute Gasteiger partial charge is 0.327 e. The lowest BCUT2D eigenvalue weighted by Gasteiger charge is -2.12. The van der Waals surface area contributed by atoms with E-state index >= 15 is 0 Å². The van der Waals surface area contributed by atoms with Gasteiger partial charge in [0.25, 0.3) is 0 Å². The molecule has 3 heteroatoms. The maximum atomic E-state index is 5.98. The van der Waals surface area contributed by atoms with Crippen molar-refractivity contribution in [2.45, 2.75) is 32.7 Å². The lowest BCUT2D eigenvalue weighted by Crippen LogP contribution is -2.24. The zero-order chi connectivity index (χ0) is 9.84. The summed E-state index contributed by atoms with van der Waals surface area (Å²) in [7, 11) is 1.93. The van der Waals surface area contributed by atoms with Crippen molar-refractivity contribution in [2.24, 2.45) is 18.7 Å². The average molecular weight is 181 g/mol. The molecule has 1 heterocycles. The van der Waals surface area contributed by atoms with Crippen LogP contribution in [0.1, 0.15) is 25.8 Å². The zero-order valence-electron chi connectivity index (χ0n) is 8.70. The van der Waals surface area contributed by atoms with Crippen molar-refractivity contribution in [1.29, 1.82) is 0 Å². The number of nitrogens with zero attached hydrogens (tertiary/aromatic N) is 2. The monoisotopic (exact) mass is 181 g/mol. The van der Waals surface area contributed by atoms with E-state index in [1.807, 2.05) is 24.1 Å². The van der Waals surface area contributed by atoms with Gasteiger partial charge >= 0.3 is 0 Å². The van der Waals surface area contributed by atoms with Gasteiger partial charge in [0.2, 0.25) is 0 Å². The molecule has 1 atom stereocenters. The van der Waals surface area contributed by atoms with E-state index in [4.69, 9.17) is 5.73 Å². The summed E-state index contributed by atoms with van der Waals surface area (Å²) < 4.78 is 1.82. The first-order valence-corrected chi connectivity index (χ1v) is 4.81. The molecule has 0 fully saturated rings. The van der Waals surface area contributed by atoms with Crippen LogP contribution in [0.5, 0.6) is 0 Å². The molecule has 13 heavy (non-hydrogen) atoms. The van der Waals surface area contributed by atoms with E-state index in [1.165, 1.54) is 5.56 Å². The molecule has 1 aromatic heterocycles. The Morgan fingerprint density at radius 1 is 1.54 bits per heavy atom. The van der Waals surface area contributed by atoms with Crippen LogP contribution in [0.2, 0.25) is 0 Å². The summed E-state index contributed by atoms with van der Waals surface area (Å²) in [5.41, 5.74) is 7.21. The Balaban J connectivity index is 2.40. The van der Waals surface area contributed by atoms with Gasteiger partial charge in [-0.2, -0.15) is 5.10 Å². The van der Waals surface area contributed by atoms with E-state index in [9.17, 15) is 0 Å². The lowest BCUT2D eigenvalue weighted by molar-refractivity contribution is 0.493. The van der Waals surface area contributed by atoms with Gasteiger partial charge in [0, 0.05) is 19.3 Å². The van der Waals surface area contributed by atoms with Crippen LogP contribution in [0.3, 0.4) is 0 Å². The molecule has 0 radical (unpaired) electrons. The highest BCUT2D eigenvalue weighted by molar-refractivity contribution is 5.05. The first kappa shape index (κ1) is 10.3. The molecule has 0 aromatic carbocycles. The van der Waals surface area contributed by atoms with Gasteiger partial charge in [0.1, 0.15) is 0 Å². The van der Waals surface area contributed by atoms with Crippen molar-refractivity contribution in [3.05, 3.63) is 18.0 Å². The third kappa shape index (κ3) is 3.59. The van der Waals surface area contributed by atoms with Crippen molar-refractivity contribution in [3.8, 4) is 0 Å². The second kappa shape index (κ2) is 4.42. The van der Waals surface area contributed by atoms with Crippen molar-refractivity contribution < 1.29 is 0 Å². The molecule has 0 aliphatic rings. The highest BCUT2D eigenvalue weighted by Crippen LogP contribution is 2.08. The van der Waals surface area contributed by atoms with Gasteiger partial charge in [0.15, 0.2) is 0 Å². The minimum Gasteiger partial charge on any atom is -0.327 e. The van der Waals surface area contributed by atoms with E-state index in [0.717, 1.165) is 12.8 Å². The van der Waals surface area contributed by atoms with E-state index < -0.39 is 0 Å². The topological polar surface area (TPSA) is 43.8 Å². The van der Waals surface area contributed by atoms with Crippen molar-refractivity contribution in [1.82, 2.24) is 9.78 Å². The van der Waals surface area contributed by atoms with E-state index in [0.29, 0.717) is 5.92 Å². The third-order valence-electron chi connectivity index (χ3n) is 2.03. The van der Waals surface area contributed by atoms with Crippen LogP contribution in [0.15, 0.2) is 12.4 Å². The summed E-state index contributed by atoms with van der Waals surface area (Å²) in [6, 6.07) is 0.268. The predicted molar refractivity (Wildman–Crippen MR) is 54.3 cm³/mol. The minimum atomic E-state index is 0.268. The standard InChI is InChI=1S/C10H19N3/c1-8(2)4-10(11)5-9-6-12-13(3)7-9/h6-8,10H,4-5,11H2,1-3H3. The molecule has 0 saturated carbocycles. The van der Waals surface area contributed by atoms with Crippen LogP contribution in [-0.2, 0) is 13.5 Å². The number of aryl methyl sites for hydroxylation is 1. The fourth-order valence-electron chi connectivity index (χ4n) is 1.57. The van der Waals surface area contributed by atoms with Gasteiger partial charge in [-0.25, -0.2) is 0 Å². The number of aromatic nitrogens is 2. The Labute approximate surface area is 79.9 Å². The average Bonchev–Trinajstić information content (AvgIpc) is 2.33. The molecule has 74 valence electrons. The summed E-state index contributed by atoms with van der Waals surface area (Å²) in [5.74, 6) is 0.673. The molecule has 2 N–H and O–H groups in total. The van der Waals surface area contributed by atoms with Crippen LogP contribution in [-0.4, -0.2) is 15.8 Å². The number of nitrogens with two attached hydrogens (primary N) is 1. The SMILES string of the molecule is CC(C)CC(N)Cc1cnn(C)c1. The fourth-order valence-corrected chi connectivity index (χ4v) is 1.57. The number of hydrogen-bond acceptors (Lipinski definition) is 2. The third-order valence-corrected chi connectivity index (χ3v) is 2.03. The summed E-state index contributed by atoms with van der Waals surface area (Å²) in [6.07, 6.45) is 5.93. The minimum absolute atomic E-state index is 0.268. The number of rotatable bonds is 4. The fraction of sp³-hybridized carbons (Fsp3) is 0.700. The van der Waals surface area contributed by atoms with Crippen LogP contribution < -0.4 is 5.73 Å². The van der Waals surface area contributed by atoms with E-state index in [2.05, 4.69) is 18.9 Å².